The highest BCUT2D eigenvalue weighted by atomic mass is 127. The van der Waals surface area contributed by atoms with Gasteiger partial charge in [-0.15, -0.1) is 0 Å². The van der Waals surface area contributed by atoms with Crippen molar-refractivity contribution in [2.45, 2.75) is 9.79 Å². The second kappa shape index (κ2) is 6.25. The Hall–Kier alpha value is -1.28. The van der Waals surface area contributed by atoms with Crippen LogP contribution in [-0.4, -0.2) is 12.0 Å². The molecular weight excluding hydrogens is 377 g/mol. The first kappa shape index (κ1) is 14.1. The summed E-state index contributed by atoms with van der Waals surface area (Å²) in [5.74, 6) is 0.765. The number of hydrogen-bond donors (Lipinski definition) is 0. The maximum atomic E-state index is 11.0. The van der Waals surface area contributed by atoms with Crippen molar-refractivity contribution in [3.63, 3.8) is 0 Å². The van der Waals surface area contributed by atoms with Gasteiger partial charge in [0.05, 0.1) is 16.9 Å². The van der Waals surface area contributed by atoms with Crippen molar-refractivity contribution in [3.8, 4) is 5.75 Å². The van der Waals surface area contributed by atoms with Crippen molar-refractivity contribution in [3.05, 3.63) is 56.1 Å². The van der Waals surface area contributed by atoms with Crippen molar-refractivity contribution in [1.29, 1.82) is 0 Å². The molecule has 0 spiro atoms. The summed E-state index contributed by atoms with van der Waals surface area (Å²) in [4.78, 5) is 12.3. The van der Waals surface area contributed by atoms with Crippen molar-refractivity contribution in [1.82, 2.24) is 0 Å². The number of benzene rings is 2. The molecule has 4 nitrogen and oxygen atoms in total. The van der Waals surface area contributed by atoms with Crippen LogP contribution in [0.2, 0.25) is 0 Å². The van der Waals surface area contributed by atoms with E-state index in [1.807, 2.05) is 30.3 Å². The van der Waals surface area contributed by atoms with Gasteiger partial charge in [0.1, 0.15) is 5.75 Å². The van der Waals surface area contributed by atoms with Crippen LogP contribution in [0, 0.1) is 13.7 Å². The minimum Gasteiger partial charge on any atom is -0.497 e. The number of ether oxygens (including phenoxy) is 1. The molecule has 0 unspecified atom stereocenters. The maximum Gasteiger partial charge on any atom is 0.284 e. The molecule has 0 aromatic heterocycles. The summed E-state index contributed by atoms with van der Waals surface area (Å²) in [6, 6.07) is 12.6. The Kier molecular flexibility index (Phi) is 4.65. The molecule has 0 saturated carbocycles. The van der Waals surface area contributed by atoms with E-state index in [9.17, 15) is 10.1 Å². The fraction of sp³-hybridized carbons (Fsp3) is 0.0769. The van der Waals surface area contributed by atoms with E-state index in [1.165, 1.54) is 11.8 Å². The Morgan fingerprint density at radius 2 is 1.89 bits per heavy atom. The number of methoxy groups -OCH3 is 1. The third kappa shape index (κ3) is 3.60. The predicted molar refractivity (Wildman–Crippen MR) is 82.9 cm³/mol. The van der Waals surface area contributed by atoms with E-state index in [4.69, 9.17) is 4.74 Å². The normalized spacial score (nSPS) is 10.2. The lowest BCUT2D eigenvalue weighted by Crippen LogP contribution is -1.91. The van der Waals surface area contributed by atoms with E-state index in [0.29, 0.717) is 4.90 Å². The molecule has 6 heteroatoms. The fourth-order valence-electron chi connectivity index (χ4n) is 1.49. The standard InChI is InChI=1S/C13H10INO3S/c1-18-10-3-5-11(6-4-10)19-13-7-2-9(14)8-12(13)15(16)17/h2-8H,1H3. The van der Waals surface area contributed by atoms with Gasteiger partial charge in [-0.2, -0.15) is 0 Å². The largest absolute Gasteiger partial charge is 0.497 e. The van der Waals surface area contributed by atoms with Crippen LogP contribution in [0.3, 0.4) is 0 Å². The van der Waals surface area contributed by atoms with E-state index in [-0.39, 0.29) is 10.6 Å². The lowest BCUT2D eigenvalue weighted by molar-refractivity contribution is -0.387. The first-order valence-corrected chi connectivity index (χ1v) is 7.25. The van der Waals surface area contributed by atoms with E-state index >= 15 is 0 Å². The van der Waals surface area contributed by atoms with E-state index in [0.717, 1.165) is 14.2 Å². The Bertz CT molecular complexity index is 601. The zero-order chi connectivity index (χ0) is 13.8. The summed E-state index contributed by atoms with van der Waals surface area (Å²) in [5.41, 5.74) is 0.132. The van der Waals surface area contributed by atoms with Crippen molar-refractivity contribution in [2.24, 2.45) is 0 Å². The van der Waals surface area contributed by atoms with Crippen molar-refractivity contribution in [2.75, 3.05) is 7.11 Å². The Morgan fingerprint density at radius 1 is 1.21 bits per heavy atom. The summed E-state index contributed by atoms with van der Waals surface area (Å²) < 4.78 is 5.93. The first-order chi connectivity index (χ1) is 9.10. The number of hydrogen-bond acceptors (Lipinski definition) is 4. The van der Waals surface area contributed by atoms with Gasteiger partial charge in [0.25, 0.3) is 5.69 Å². The monoisotopic (exact) mass is 387 g/mol. The van der Waals surface area contributed by atoms with Gasteiger partial charge in [-0.25, -0.2) is 0 Å². The number of nitrogens with zero attached hydrogens (tertiary/aromatic N) is 1. The third-order valence-corrected chi connectivity index (χ3v) is 4.15. The highest BCUT2D eigenvalue weighted by Crippen LogP contribution is 2.36. The van der Waals surface area contributed by atoms with Gasteiger partial charge in [-0.05, 0) is 59.0 Å². The van der Waals surface area contributed by atoms with Crippen LogP contribution in [0.4, 0.5) is 5.69 Å². The molecule has 2 aromatic rings. The summed E-state index contributed by atoms with van der Waals surface area (Å²) >= 11 is 3.44. The maximum absolute atomic E-state index is 11.0. The highest BCUT2D eigenvalue weighted by molar-refractivity contribution is 14.1. The van der Waals surface area contributed by atoms with Crippen molar-refractivity contribution < 1.29 is 9.66 Å². The molecular formula is C13H10INO3S. The molecule has 0 heterocycles. The van der Waals surface area contributed by atoms with E-state index in [2.05, 4.69) is 22.6 Å². The molecule has 2 aromatic carbocycles. The molecule has 0 aliphatic rings. The van der Waals surface area contributed by atoms with Gasteiger partial charge in [0.2, 0.25) is 0 Å². The zero-order valence-electron chi connectivity index (χ0n) is 10.00. The SMILES string of the molecule is COc1ccc(Sc2ccc(I)cc2[N+](=O)[O-])cc1. The minimum absolute atomic E-state index is 0.132. The smallest absolute Gasteiger partial charge is 0.284 e. The predicted octanol–water partition coefficient (Wildman–Crippen LogP) is 4.36. The van der Waals surface area contributed by atoms with Gasteiger partial charge in [-0.1, -0.05) is 11.8 Å². The lowest BCUT2D eigenvalue weighted by Gasteiger charge is -2.04. The van der Waals surface area contributed by atoms with Gasteiger partial charge in [0.15, 0.2) is 0 Å². The van der Waals surface area contributed by atoms with Crippen LogP contribution >= 0.6 is 34.4 Å². The molecule has 0 aliphatic heterocycles. The van der Waals surface area contributed by atoms with Crippen LogP contribution in [0.5, 0.6) is 5.75 Å². The molecule has 2 rings (SSSR count). The second-order valence-electron chi connectivity index (χ2n) is 3.65. The van der Waals surface area contributed by atoms with Gasteiger partial charge < -0.3 is 4.74 Å². The highest BCUT2D eigenvalue weighted by Gasteiger charge is 2.15. The number of nitro benzene ring substituents is 1. The summed E-state index contributed by atoms with van der Waals surface area (Å²) in [5, 5.41) is 11.0. The quantitative estimate of drug-likeness (QED) is 0.445. The van der Waals surface area contributed by atoms with Crippen LogP contribution < -0.4 is 4.74 Å². The van der Waals surface area contributed by atoms with Gasteiger partial charge in [0, 0.05) is 14.5 Å². The van der Waals surface area contributed by atoms with E-state index in [1.54, 1.807) is 19.2 Å². The molecule has 0 radical (unpaired) electrons. The second-order valence-corrected chi connectivity index (χ2v) is 6.01. The molecule has 0 fully saturated rings. The van der Waals surface area contributed by atoms with Crippen LogP contribution in [-0.2, 0) is 0 Å². The number of rotatable bonds is 4. The van der Waals surface area contributed by atoms with Crippen molar-refractivity contribution >= 4 is 40.0 Å². The lowest BCUT2D eigenvalue weighted by atomic mass is 10.3. The van der Waals surface area contributed by atoms with E-state index < -0.39 is 0 Å². The number of nitro groups is 1. The van der Waals surface area contributed by atoms with Crippen LogP contribution in [0.15, 0.2) is 52.3 Å². The average Bonchev–Trinajstić information content (AvgIpc) is 2.41. The van der Waals surface area contributed by atoms with Gasteiger partial charge in [-0.3, -0.25) is 10.1 Å². The van der Waals surface area contributed by atoms with Gasteiger partial charge >= 0.3 is 0 Å². The van der Waals surface area contributed by atoms with Crippen LogP contribution in [0.25, 0.3) is 0 Å². The van der Waals surface area contributed by atoms with Crippen LogP contribution in [0.1, 0.15) is 0 Å². The minimum atomic E-state index is -0.353. The molecule has 98 valence electrons. The summed E-state index contributed by atoms with van der Waals surface area (Å²) in [6.45, 7) is 0. The fourth-order valence-corrected chi connectivity index (χ4v) is 2.87. The summed E-state index contributed by atoms with van der Waals surface area (Å²) in [7, 11) is 1.60. The topological polar surface area (TPSA) is 52.4 Å². The first-order valence-electron chi connectivity index (χ1n) is 5.36. The Morgan fingerprint density at radius 3 is 2.47 bits per heavy atom. The Labute approximate surface area is 128 Å². The third-order valence-electron chi connectivity index (χ3n) is 2.40. The Balaban J connectivity index is 2.29. The average molecular weight is 387 g/mol. The molecule has 0 aliphatic carbocycles. The molecule has 0 N–H and O–H groups in total. The molecule has 0 saturated heterocycles. The number of halogens is 1. The molecule has 0 amide bonds. The summed E-state index contributed by atoms with van der Waals surface area (Å²) in [6.07, 6.45) is 0. The molecule has 0 bridgehead atoms. The molecule has 0 atom stereocenters. The molecule has 19 heavy (non-hydrogen) atoms. The zero-order valence-corrected chi connectivity index (χ0v) is 13.0.